The van der Waals surface area contributed by atoms with Crippen LogP contribution < -0.4 is 21.1 Å². The van der Waals surface area contributed by atoms with E-state index in [1.165, 1.54) is 0 Å². The number of esters is 1. The Morgan fingerprint density at radius 3 is 2.52 bits per heavy atom. The number of nitrogens with zero attached hydrogens (tertiary/aromatic N) is 3. The second kappa shape index (κ2) is 10.5. The van der Waals surface area contributed by atoms with Crippen LogP contribution in [0.25, 0.3) is 0 Å². The number of carbonyl (C=O) groups excluding carboxylic acids is 2. The first-order valence-electron chi connectivity index (χ1n) is 9.40. The van der Waals surface area contributed by atoms with Crippen molar-refractivity contribution in [3.8, 4) is 5.75 Å². The SMILES string of the molecule is COc1ccccc1Nc1nc(N)nc(COC(=O)CNC(=O)Cc2ccccc2)n1. The molecule has 2 aromatic carbocycles. The quantitative estimate of drug-likeness (QED) is 0.438. The van der Waals surface area contributed by atoms with E-state index in [-0.39, 0.29) is 43.2 Å². The predicted molar refractivity (Wildman–Crippen MR) is 113 cm³/mol. The van der Waals surface area contributed by atoms with Gasteiger partial charge in [-0.2, -0.15) is 15.0 Å². The fraction of sp³-hybridized carbons (Fsp3) is 0.190. The number of anilines is 3. The Labute approximate surface area is 178 Å². The second-order valence-electron chi connectivity index (χ2n) is 6.36. The summed E-state index contributed by atoms with van der Waals surface area (Å²) in [6.45, 7) is -0.487. The number of nitrogens with two attached hydrogens (primary N) is 1. The van der Waals surface area contributed by atoms with Crippen LogP contribution in [0.15, 0.2) is 54.6 Å². The van der Waals surface area contributed by atoms with E-state index in [1.54, 1.807) is 19.2 Å². The van der Waals surface area contributed by atoms with Crippen LogP contribution in [0.2, 0.25) is 0 Å². The number of benzene rings is 2. The van der Waals surface area contributed by atoms with Crippen molar-refractivity contribution in [2.24, 2.45) is 0 Å². The number of methoxy groups -OCH3 is 1. The maximum Gasteiger partial charge on any atom is 0.325 e. The molecule has 1 aromatic heterocycles. The third-order valence-corrected chi connectivity index (χ3v) is 4.05. The molecule has 0 unspecified atom stereocenters. The van der Waals surface area contributed by atoms with Crippen molar-refractivity contribution in [3.63, 3.8) is 0 Å². The van der Waals surface area contributed by atoms with Gasteiger partial charge in [0, 0.05) is 0 Å². The van der Waals surface area contributed by atoms with Crippen LogP contribution in [0, 0.1) is 0 Å². The van der Waals surface area contributed by atoms with Crippen molar-refractivity contribution < 1.29 is 19.1 Å². The Balaban J connectivity index is 1.51. The molecule has 31 heavy (non-hydrogen) atoms. The maximum atomic E-state index is 11.9. The molecular weight excluding hydrogens is 400 g/mol. The summed E-state index contributed by atoms with van der Waals surface area (Å²) in [7, 11) is 1.55. The molecule has 0 bridgehead atoms. The molecule has 0 radical (unpaired) electrons. The first-order chi connectivity index (χ1) is 15.0. The van der Waals surface area contributed by atoms with Crippen LogP contribution >= 0.6 is 0 Å². The fourth-order valence-electron chi connectivity index (χ4n) is 2.64. The standard InChI is InChI=1S/C21H22N6O4/c1-30-16-10-6-5-9-15(16)24-21-26-17(25-20(22)27-21)13-31-19(29)12-23-18(28)11-14-7-3-2-4-8-14/h2-10H,11-13H2,1H3,(H,23,28)(H3,22,24,25,26,27). The van der Waals surface area contributed by atoms with Gasteiger partial charge in [0.1, 0.15) is 12.3 Å². The highest BCUT2D eigenvalue weighted by atomic mass is 16.5. The molecule has 0 fully saturated rings. The van der Waals surface area contributed by atoms with Crippen LogP contribution in [0.1, 0.15) is 11.4 Å². The summed E-state index contributed by atoms with van der Waals surface area (Å²) < 4.78 is 10.4. The minimum atomic E-state index is -0.625. The minimum Gasteiger partial charge on any atom is -0.495 e. The summed E-state index contributed by atoms with van der Waals surface area (Å²) >= 11 is 0. The lowest BCUT2D eigenvalue weighted by atomic mass is 10.1. The molecule has 0 spiro atoms. The number of ether oxygens (including phenoxy) is 2. The van der Waals surface area contributed by atoms with Gasteiger partial charge < -0.3 is 25.8 Å². The zero-order valence-corrected chi connectivity index (χ0v) is 16.9. The van der Waals surface area contributed by atoms with Gasteiger partial charge in [0.2, 0.25) is 17.8 Å². The number of rotatable bonds is 9. The Morgan fingerprint density at radius 2 is 1.74 bits per heavy atom. The van der Waals surface area contributed by atoms with Crippen molar-refractivity contribution in [1.82, 2.24) is 20.3 Å². The molecule has 0 aliphatic carbocycles. The van der Waals surface area contributed by atoms with E-state index in [0.717, 1.165) is 5.56 Å². The normalized spacial score (nSPS) is 10.2. The highest BCUT2D eigenvalue weighted by molar-refractivity contribution is 5.83. The highest BCUT2D eigenvalue weighted by Crippen LogP contribution is 2.25. The highest BCUT2D eigenvalue weighted by Gasteiger charge is 2.11. The van der Waals surface area contributed by atoms with Gasteiger partial charge >= 0.3 is 5.97 Å². The van der Waals surface area contributed by atoms with Crippen LogP contribution in [0.3, 0.4) is 0 Å². The monoisotopic (exact) mass is 422 g/mol. The van der Waals surface area contributed by atoms with Gasteiger partial charge in [-0.25, -0.2) is 0 Å². The summed E-state index contributed by atoms with van der Waals surface area (Å²) in [6.07, 6.45) is 0.177. The van der Waals surface area contributed by atoms with Crippen molar-refractivity contribution in [1.29, 1.82) is 0 Å². The lowest BCUT2D eigenvalue weighted by Crippen LogP contribution is -2.31. The molecule has 160 valence electrons. The van der Waals surface area contributed by atoms with E-state index in [4.69, 9.17) is 15.2 Å². The van der Waals surface area contributed by atoms with E-state index >= 15 is 0 Å². The summed E-state index contributed by atoms with van der Waals surface area (Å²) in [4.78, 5) is 36.0. The van der Waals surface area contributed by atoms with Gasteiger partial charge in [0.25, 0.3) is 0 Å². The van der Waals surface area contributed by atoms with E-state index in [1.807, 2.05) is 42.5 Å². The molecule has 3 aromatic rings. The van der Waals surface area contributed by atoms with Crippen molar-refractivity contribution in [2.75, 3.05) is 24.7 Å². The first kappa shape index (κ1) is 21.5. The lowest BCUT2D eigenvalue weighted by Gasteiger charge is -2.11. The van der Waals surface area contributed by atoms with E-state index in [2.05, 4.69) is 25.6 Å². The van der Waals surface area contributed by atoms with Gasteiger partial charge in [-0.1, -0.05) is 42.5 Å². The molecule has 0 atom stereocenters. The van der Waals surface area contributed by atoms with Gasteiger partial charge in [-0.3, -0.25) is 9.59 Å². The molecule has 3 rings (SSSR count). The predicted octanol–water partition coefficient (Wildman–Crippen LogP) is 1.61. The molecule has 0 aliphatic heterocycles. The zero-order valence-electron chi connectivity index (χ0n) is 16.9. The molecule has 10 nitrogen and oxygen atoms in total. The Kier molecular flexibility index (Phi) is 7.30. The lowest BCUT2D eigenvalue weighted by molar-refractivity contribution is -0.145. The molecule has 0 saturated carbocycles. The van der Waals surface area contributed by atoms with Crippen LogP contribution in [-0.2, 0) is 27.4 Å². The average molecular weight is 422 g/mol. The first-order valence-corrected chi connectivity index (χ1v) is 9.40. The summed E-state index contributed by atoms with van der Waals surface area (Å²) in [5.74, 6) is -0.00104. The number of nitrogens with one attached hydrogen (secondary N) is 2. The van der Waals surface area contributed by atoms with Crippen molar-refractivity contribution in [2.45, 2.75) is 13.0 Å². The molecule has 0 aliphatic rings. The van der Waals surface area contributed by atoms with Crippen LogP contribution in [0.4, 0.5) is 17.6 Å². The van der Waals surface area contributed by atoms with E-state index in [9.17, 15) is 9.59 Å². The van der Waals surface area contributed by atoms with Gasteiger partial charge in [-0.05, 0) is 17.7 Å². The maximum absolute atomic E-state index is 11.9. The molecule has 1 amide bonds. The van der Waals surface area contributed by atoms with Gasteiger partial charge in [-0.15, -0.1) is 0 Å². The number of para-hydroxylation sites is 2. The number of nitrogen functional groups attached to an aromatic ring is 1. The van der Waals surface area contributed by atoms with Crippen LogP contribution in [0.5, 0.6) is 5.75 Å². The fourth-order valence-corrected chi connectivity index (χ4v) is 2.64. The number of aromatic nitrogens is 3. The zero-order chi connectivity index (χ0) is 22.1. The summed E-state index contributed by atoms with van der Waals surface area (Å²) in [5, 5.41) is 5.51. The van der Waals surface area contributed by atoms with Crippen LogP contribution in [-0.4, -0.2) is 40.5 Å². The average Bonchev–Trinajstić information content (AvgIpc) is 2.77. The number of hydrogen-bond acceptors (Lipinski definition) is 9. The topological polar surface area (TPSA) is 141 Å². The van der Waals surface area contributed by atoms with Crippen molar-refractivity contribution >= 4 is 29.5 Å². The Morgan fingerprint density at radius 1 is 1.00 bits per heavy atom. The Hall–Kier alpha value is -4.21. The molecule has 1 heterocycles. The molecule has 0 saturated heterocycles. The number of amides is 1. The number of hydrogen-bond donors (Lipinski definition) is 3. The second-order valence-corrected chi connectivity index (χ2v) is 6.36. The van der Waals surface area contributed by atoms with Gasteiger partial charge in [0.05, 0.1) is 19.2 Å². The third-order valence-electron chi connectivity index (χ3n) is 4.05. The third kappa shape index (κ3) is 6.67. The van der Waals surface area contributed by atoms with E-state index in [0.29, 0.717) is 11.4 Å². The Bertz CT molecular complexity index is 1050. The van der Waals surface area contributed by atoms with Crippen molar-refractivity contribution in [3.05, 3.63) is 66.0 Å². The molecule has 4 N–H and O–H groups in total. The largest absolute Gasteiger partial charge is 0.495 e. The number of carbonyl (C=O) groups is 2. The smallest absolute Gasteiger partial charge is 0.325 e. The molecular formula is C21H22N6O4. The van der Waals surface area contributed by atoms with Gasteiger partial charge in [0.15, 0.2) is 12.4 Å². The summed E-state index contributed by atoms with van der Waals surface area (Å²) in [5.41, 5.74) is 7.22. The summed E-state index contributed by atoms with van der Waals surface area (Å²) in [6, 6.07) is 16.4. The van der Waals surface area contributed by atoms with E-state index < -0.39 is 5.97 Å². The minimum absolute atomic E-state index is 0.0328. The molecule has 10 heteroatoms.